The fourth-order valence-corrected chi connectivity index (χ4v) is 2.38. The van der Waals surface area contributed by atoms with E-state index in [1.54, 1.807) is 0 Å². The lowest BCUT2D eigenvalue weighted by atomic mass is 10.2. The molecule has 2 aromatic rings. The molecule has 0 aliphatic carbocycles. The van der Waals surface area contributed by atoms with Gasteiger partial charge in [0.05, 0.1) is 12.0 Å². The summed E-state index contributed by atoms with van der Waals surface area (Å²) >= 11 is 0. The van der Waals surface area contributed by atoms with E-state index < -0.39 is 0 Å². The Kier molecular flexibility index (Phi) is 3.59. The zero-order chi connectivity index (χ0) is 13.9. The second-order valence-electron chi connectivity index (χ2n) is 4.93. The first-order valence-electron chi connectivity index (χ1n) is 6.62. The van der Waals surface area contributed by atoms with Gasteiger partial charge in [0, 0.05) is 13.1 Å². The molecule has 20 heavy (non-hydrogen) atoms. The molecular weight excluding hydrogens is 256 g/mol. The van der Waals surface area contributed by atoms with Gasteiger partial charge in [0.2, 0.25) is 5.76 Å². The van der Waals surface area contributed by atoms with Crippen molar-refractivity contribution in [3.05, 3.63) is 30.0 Å². The van der Waals surface area contributed by atoms with E-state index in [0.717, 1.165) is 18.5 Å². The van der Waals surface area contributed by atoms with Crippen LogP contribution < -0.4 is 4.74 Å². The highest BCUT2D eigenvalue weighted by atomic mass is 16.5. The number of likely N-dealkylation sites (N-methyl/N-ethyl adjacent to an activating group) is 1. The van der Waals surface area contributed by atoms with Gasteiger partial charge >= 0.3 is 0 Å². The Balaban J connectivity index is 1.78. The number of ether oxygens (including phenoxy) is 2. The Morgan fingerprint density at radius 1 is 1.45 bits per heavy atom. The summed E-state index contributed by atoms with van der Waals surface area (Å²) in [6, 6.07) is 9.53. The Hall–Kier alpha value is -2.03. The van der Waals surface area contributed by atoms with Gasteiger partial charge in [-0.05, 0) is 19.2 Å². The number of nitriles is 1. The van der Waals surface area contributed by atoms with E-state index in [-0.39, 0.29) is 11.9 Å². The average molecular weight is 272 g/mol. The summed E-state index contributed by atoms with van der Waals surface area (Å²) in [7, 11) is 2.06. The first kappa shape index (κ1) is 13.0. The van der Waals surface area contributed by atoms with Crippen molar-refractivity contribution in [2.24, 2.45) is 0 Å². The summed E-state index contributed by atoms with van der Waals surface area (Å²) in [5.74, 6) is 0.732. The SMILES string of the molecule is CN1CCOC(COc2c(C#N)oc3ccccc23)C1. The van der Waals surface area contributed by atoms with Gasteiger partial charge in [-0.15, -0.1) is 0 Å². The standard InChI is InChI=1S/C15H16N2O3/c1-17-6-7-18-11(9-17)10-19-15-12-4-2-3-5-13(12)20-14(15)8-16/h2-5,11H,6-7,9-10H2,1H3. The molecule has 5 nitrogen and oxygen atoms in total. The fourth-order valence-electron chi connectivity index (χ4n) is 2.38. The summed E-state index contributed by atoms with van der Waals surface area (Å²) in [4.78, 5) is 2.20. The highest BCUT2D eigenvalue weighted by Crippen LogP contribution is 2.32. The molecule has 0 amide bonds. The van der Waals surface area contributed by atoms with E-state index in [9.17, 15) is 0 Å². The van der Waals surface area contributed by atoms with Crippen LogP contribution in [0.1, 0.15) is 5.76 Å². The lowest BCUT2D eigenvalue weighted by Gasteiger charge is -2.29. The quantitative estimate of drug-likeness (QED) is 0.855. The second kappa shape index (κ2) is 5.53. The molecule has 0 saturated carbocycles. The molecule has 1 unspecified atom stereocenters. The van der Waals surface area contributed by atoms with E-state index in [4.69, 9.17) is 19.2 Å². The van der Waals surface area contributed by atoms with Gasteiger partial charge < -0.3 is 18.8 Å². The van der Waals surface area contributed by atoms with Crippen LogP contribution in [0.2, 0.25) is 0 Å². The van der Waals surface area contributed by atoms with Gasteiger partial charge in [-0.25, -0.2) is 0 Å². The molecule has 1 aromatic heterocycles. The Bertz CT molecular complexity index is 644. The van der Waals surface area contributed by atoms with Crippen molar-refractivity contribution in [2.75, 3.05) is 33.4 Å². The maximum Gasteiger partial charge on any atom is 0.246 e. The van der Waals surface area contributed by atoms with E-state index in [1.165, 1.54) is 0 Å². The monoisotopic (exact) mass is 272 g/mol. The summed E-state index contributed by atoms with van der Waals surface area (Å²) in [6.45, 7) is 2.90. The number of furan rings is 1. The van der Waals surface area contributed by atoms with E-state index in [1.807, 2.05) is 30.3 Å². The molecule has 1 aliphatic rings. The largest absolute Gasteiger partial charge is 0.485 e. The minimum Gasteiger partial charge on any atom is -0.485 e. The Morgan fingerprint density at radius 2 is 2.30 bits per heavy atom. The highest BCUT2D eigenvalue weighted by molar-refractivity contribution is 5.86. The number of hydrogen-bond acceptors (Lipinski definition) is 5. The van der Waals surface area contributed by atoms with Gasteiger partial charge in [-0.1, -0.05) is 12.1 Å². The number of nitrogens with zero attached hydrogens (tertiary/aromatic N) is 2. The lowest BCUT2D eigenvalue weighted by Crippen LogP contribution is -2.42. The molecule has 0 bridgehead atoms. The molecule has 5 heteroatoms. The van der Waals surface area contributed by atoms with Crippen LogP contribution >= 0.6 is 0 Å². The van der Waals surface area contributed by atoms with Crippen molar-refractivity contribution in [3.8, 4) is 11.8 Å². The Morgan fingerprint density at radius 3 is 3.10 bits per heavy atom. The molecule has 1 aromatic carbocycles. The fraction of sp³-hybridized carbons (Fsp3) is 0.400. The number of fused-ring (bicyclic) bond motifs is 1. The number of benzene rings is 1. The van der Waals surface area contributed by atoms with Gasteiger partial charge in [-0.2, -0.15) is 5.26 Å². The van der Waals surface area contributed by atoms with Gasteiger partial charge in [0.25, 0.3) is 0 Å². The van der Waals surface area contributed by atoms with Crippen molar-refractivity contribution < 1.29 is 13.9 Å². The minimum atomic E-state index is 0.0222. The van der Waals surface area contributed by atoms with Crippen molar-refractivity contribution in [2.45, 2.75) is 6.10 Å². The molecule has 104 valence electrons. The second-order valence-corrected chi connectivity index (χ2v) is 4.93. The number of para-hydroxylation sites is 1. The van der Waals surface area contributed by atoms with Crippen LogP contribution in [0, 0.1) is 11.3 Å². The summed E-state index contributed by atoms with van der Waals surface area (Å²) in [5.41, 5.74) is 0.667. The molecule has 3 rings (SSSR count). The molecule has 0 radical (unpaired) electrons. The molecule has 1 saturated heterocycles. The predicted molar refractivity (Wildman–Crippen MR) is 73.7 cm³/mol. The minimum absolute atomic E-state index is 0.0222. The van der Waals surface area contributed by atoms with Crippen LogP contribution in [0.25, 0.3) is 11.0 Å². The van der Waals surface area contributed by atoms with Crippen LogP contribution in [0.15, 0.2) is 28.7 Å². The van der Waals surface area contributed by atoms with Crippen molar-refractivity contribution >= 4 is 11.0 Å². The molecule has 1 fully saturated rings. The zero-order valence-corrected chi connectivity index (χ0v) is 11.3. The van der Waals surface area contributed by atoms with Gasteiger partial charge in [0.15, 0.2) is 5.75 Å². The van der Waals surface area contributed by atoms with Crippen LogP contribution in [0.4, 0.5) is 0 Å². The smallest absolute Gasteiger partial charge is 0.246 e. The number of rotatable bonds is 3. The van der Waals surface area contributed by atoms with Gasteiger partial charge in [-0.3, -0.25) is 0 Å². The topological polar surface area (TPSA) is 58.6 Å². The van der Waals surface area contributed by atoms with Crippen LogP contribution in [-0.4, -0.2) is 44.4 Å². The molecule has 0 N–H and O–H groups in total. The van der Waals surface area contributed by atoms with E-state index in [2.05, 4.69) is 11.9 Å². The third-order valence-corrected chi connectivity index (χ3v) is 3.41. The average Bonchev–Trinajstić information content (AvgIpc) is 2.83. The molecular formula is C15H16N2O3. The van der Waals surface area contributed by atoms with Crippen molar-refractivity contribution in [1.29, 1.82) is 5.26 Å². The molecule has 1 atom stereocenters. The third kappa shape index (κ3) is 2.48. The third-order valence-electron chi connectivity index (χ3n) is 3.41. The summed E-state index contributed by atoms with van der Waals surface area (Å²) in [5, 5.41) is 9.96. The first-order chi connectivity index (χ1) is 9.78. The van der Waals surface area contributed by atoms with Crippen LogP contribution in [-0.2, 0) is 4.74 Å². The summed E-state index contributed by atoms with van der Waals surface area (Å²) in [6.07, 6.45) is 0.0222. The van der Waals surface area contributed by atoms with E-state index in [0.29, 0.717) is 24.5 Å². The van der Waals surface area contributed by atoms with Crippen LogP contribution in [0.3, 0.4) is 0 Å². The zero-order valence-electron chi connectivity index (χ0n) is 11.3. The van der Waals surface area contributed by atoms with Gasteiger partial charge in [0.1, 0.15) is 24.4 Å². The normalized spacial score (nSPS) is 19.9. The number of hydrogen-bond donors (Lipinski definition) is 0. The molecule has 2 heterocycles. The van der Waals surface area contributed by atoms with E-state index >= 15 is 0 Å². The summed E-state index contributed by atoms with van der Waals surface area (Å²) < 4.78 is 16.9. The van der Waals surface area contributed by atoms with Crippen LogP contribution in [0.5, 0.6) is 5.75 Å². The predicted octanol–water partition coefficient (Wildman–Crippen LogP) is 2.01. The number of morpholine rings is 1. The maximum atomic E-state index is 9.14. The Labute approximate surface area is 117 Å². The molecule has 0 spiro atoms. The van der Waals surface area contributed by atoms with Crippen molar-refractivity contribution in [3.63, 3.8) is 0 Å². The molecule has 1 aliphatic heterocycles. The van der Waals surface area contributed by atoms with Crippen molar-refractivity contribution in [1.82, 2.24) is 4.90 Å². The lowest BCUT2D eigenvalue weighted by molar-refractivity contribution is -0.0402. The maximum absolute atomic E-state index is 9.14. The first-order valence-corrected chi connectivity index (χ1v) is 6.62. The highest BCUT2D eigenvalue weighted by Gasteiger charge is 2.21.